The van der Waals surface area contributed by atoms with Crippen LogP contribution in [-0.2, 0) is 25.7 Å². The molecule has 0 aromatic carbocycles. The Morgan fingerprint density at radius 3 is 1.07 bits per heavy atom. The molecule has 0 amide bonds. The van der Waals surface area contributed by atoms with Crippen LogP contribution < -0.4 is 0 Å². The molecule has 0 saturated heterocycles. The number of hydrogen-bond donors (Lipinski definition) is 2. The number of nitrogens with zero attached hydrogens (tertiary/aromatic N) is 6. The average Bonchev–Trinajstić information content (AvgIpc) is 4.22. The van der Waals surface area contributed by atoms with E-state index in [0.717, 1.165) is 71.6 Å². The molecular formula is C56H74N8Se4. The van der Waals surface area contributed by atoms with E-state index in [1.54, 1.807) is 17.7 Å². The van der Waals surface area contributed by atoms with Gasteiger partial charge in [0.25, 0.3) is 0 Å². The average molecular weight is 1180 g/mol. The van der Waals surface area contributed by atoms with Crippen molar-refractivity contribution in [1.29, 1.82) is 0 Å². The van der Waals surface area contributed by atoms with E-state index in [1.165, 1.54) is 193 Å². The molecule has 0 saturated carbocycles. The van der Waals surface area contributed by atoms with Gasteiger partial charge >= 0.3 is 433 Å². The molecule has 2 aliphatic rings. The number of H-pyrrole nitrogens is 2. The second kappa shape index (κ2) is 25.1. The predicted octanol–water partition coefficient (Wildman–Crippen LogP) is 14.7. The van der Waals surface area contributed by atoms with Crippen molar-refractivity contribution in [3.05, 3.63) is 42.0 Å². The predicted molar refractivity (Wildman–Crippen MR) is 292 cm³/mol. The van der Waals surface area contributed by atoms with Gasteiger partial charge in [0.05, 0.1) is 0 Å². The minimum atomic E-state index is 0.154. The molecule has 12 heteroatoms. The van der Waals surface area contributed by atoms with E-state index >= 15 is 0 Å². The summed E-state index contributed by atoms with van der Waals surface area (Å²) in [4.78, 5) is 40.4. The van der Waals surface area contributed by atoms with Crippen LogP contribution in [0.15, 0.2) is 24.3 Å². The zero-order chi connectivity index (χ0) is 46.7. The maximum absolute atomic E-state index is 5.57. The van der Waals surface area contributed by atoms with Crippen LogP contribution in [0.3, 0.4) is 0 Å². The number of rotatable bonds is 28. The molecule has 0 aliphatic carbocycles. The molecule has 68 heavy (non-hydrogen) atoms. The SMILES string of the molecule is CCCCCCCCc1cc2c([se]1)-c1nc3nc(nc4[nH]c(nc5[nH]c(nc-2n1)c1cc(CCCCCCCC)[se]c51)c1cc(CCCCCCCC)[se]c41)-c1[se]c(CCCCCCCC)cc1-3. The van der Waals surface area contributed by atoms with Gasteiger partial charge in [-0.25, -0.2) is 0 Å². The molecule has 0 fully saturated rings. The summed E-state index contributed by atoms with van der Waals surface area (Å²) in [5, 5.41) is 2.44. The number of fused-ring (bicyclic) bond motifs is 20. The van der Waals surface area contributed by atoms with Crippen LogP contribution >= 0.6 is 0 Å². The Hall–Kier alpha value is -2.64. The molecule has 8 bridgehead atoms. The minimum absolute atomic E-state index is 0.154. The first kappa shape index (κ1) is 50.3. The summed E-state index contributed by atoms with van der Waals surface area (Å²) in [7, 11) is 0. The first-order valence-electron chi connectivity index (χ1n) is 26.9. The van der Waals surface area contributed by atoms with E-state index in [1.807, 2.05) is 0 Å². The van der Waals surface area contributed by atoms with Crippen molar-refractivity contribution in [2.75, 3.05) is 0 Å². The molecule has 9 rings (SSSR count). The van der Waals surface area contributed by atoms with Gasteiger partial charge in [-0.3, -0.25) is 0 Å². The molecule has 9 heterocycles. The molecule has 2 N–H and O–H groups in total. The van der Waals surface area contributed by atoms with Crippen molar-refractivity contribution in [3.63, 3.8) is 0 Å². The van der Waals surface area contributed by atoms with Crippen LogP contribution in [0, 0.1) is 0 Å². The molecule has 8 nitrogen and oxygen atoms in total. The van der Waals surface area contributed by atoms with Crippen LogP contribution in [0.5, 0.6) is 0 Å². The summed E-state index contributed by atoms with van der Waals surface area (Å²) < 4.78 is 11.4. The molecular weight excluding hydrogens is 1100 g/mol. The molecule has 2 aliphatic heterocycles. The van der Waals surface area contributed by atoms with Crippen LogP contribution in [0.1, 0.15) is 200 Å². The Morgan fingerprint density at radius 1 is 0.324 bits per heavy atom. The number of aryl methyl sites for hydroxylation is 4. The molecule has 0 radical (unpaired) electrons. The van der Waals surface area contributed by atoms with Gasteiger partial charge in [0, 0.05) is 0 Å². The van der Waals surface area contributed by atoms with E-state index < -0.39 is 0 Å². The summed E-state index contributed by atoms with van der Waals surface area (Å²) in [5.41, 5.74) is 6.03. The Morgan fingerprint density at radius 2 is 0.647 bits per heavy atom. The second-order valence-electron chi connectivity index (χ2n) is 19.5. The molecule has 0 spiro atoms. The monoisotopic (exact) mass is 1180 g/mol. The van der Waals surface area contributed by atoms with Gasteiger partial charge in [0.15, 0.2) is 0 Å². The summed E-state index contributed by atoms with van der Waals surface area (Å²) in [6.45, 7) is 9.21. The van der Waals surface area contributed by atoms with E-state index in [2.05, 4.69) is 61.9 Å². The fourth-order valence-corrected chi connectivity index (χ4v) is 19.5. The van der Waals surface area contributed by atoms with Gasteiger partial charge in [0.1, 0.15) is 0 Å². The third kappa shape index (κ3) is 12.3. The van der Waals surface area contributed by atoms with Crippen molar-refractivity contribution in [3.8, 4) is 43.3 Å². The van der Waals surface area contributed by atoms with Gasteiger partial charge in [-0.2, -0.15) is 0 Å². The molecule has 0 atom stereocenters. The topological polar surface area (TPSA) is 109 Å². The van der Waals surface area contributed by atoms with Crippen molar-refractivity contribution in [1.82, 2.24) is 39.9 Å². The van der Waals surface area contributed by atoms with Crippen LogP contribution in [0.4, 0.5) is 0 Å². The third-order valence-electron chi connectivity index (χ3n) is 13.8. The van der Waals surface area contributed by atoms with Gasteiger partial charge in [-0.15, -0.1) is 0 Å². The van der Waals surface area contributed by atoms with Crippen LogP contribution in [0.2, 0.25) is 0 Å². The summed E-state index contributed by atoms with van der Waals surface area (Å²) in [6.07, 6.45) is 36.1. The molecule has 0 unspecified atom stereocenters. The quantitative estimate of drug-likeness (QED) is 0.0374. The zero-order valence-electron chi connectivity index (χ0n) is 41.4. The number of aromatic amines is 2. The standard InChI is InChI=1S/C56H74N8Se4/c1-5-9-13-17-21-25-29-37-33-41-45(65-37)53-58-49(41)57-50-42-34-38(30-26-22-18-14-10-6-2)66-46(42)54(59-50)61-52-44-36-40(32-28-24-20-16-12-8-4)68-48(44)56(63-52)64-55-47-43(51(60-53)62-55)35-39(67-47)31-27-23-19-15-11-7-3/h33-36H,5-32H2,1-4H3,(H2,57,58,59,60,61,62,63,64). The Balaban J connectivity index is 1.17. The Kier molecular flexibility index (Phi) is 18.6. The van der Waals surface area contributed by atoms with Gasteiger partial charge < -0.3 is 0 Å². The Labute approximate surface area is 429 Å². The van der Waals surface area contributed by atoms with Crippen molar-refractivity contribution < 1.29 is 0 Å². The first-order valence-corrected chi connectivity index (χ1v) is 33.7. The van der Waals surface area contributed by atoms with E-state index in [4.69, 9.17) is 29.9 Å². The third-order valence-corrected chi connectivity index (χ3v) is 23.9. The normalized spacial score (nSPS) is 12.3. The van der Waals surface area contributed by atoms with E-state index in [9.17, 15) is 0 Å². The maximum atomic E-state index is 5.57. The molecule has 7 aromatic rings. The Bertz CT molecular complexity index is 2710. The fourth-order valence-electron chi connectivity index (χ4n) is 9.92. The number of aromatic nitrogens is 8. The van der Waals surface area contributed by atoms with Crippen molar-refractivity contribution in [2.24, 2.45) is 0 Å². The zero-order valence-corrected chi connectivity index (χ0v) is 48.3. The van der Waals surface area contributed by atoms with E-state index in [-0.39, 0.29) is 58.0 Å². The van der Waals surface area contributed by atoms with Gasteiger partial charge in [-0.1, -0.05) is 0 Å². The van der Waals surface area contributed by atoms with Crippen LogP contribution in [0.25, 0.3) is 85.2 Å². The summed E-state index contributed by atoms with van der Waals surface area (Å²) >= 11 is 0.690. The first-order chi connectivity index (χ1) is 33.5. The number of nitrogens with one attached hydrogen (secondary N) is 2. The second-order valence-corrected chi connectivity index (χ2v) is 29.0. The van der Waals surface area contributed by atoms with Crippen molar-refractivity contribution in [2.45, 2.75) is 207 Å². The van der Waals surface area contributed by atoms with E-state index in [0.29, 0.717) is 0 Å². The van der Waals surface area contributed by atoms with Crippen molar-refractivity contribution >= 4 is 99.9 Å². The fraction of sp³-hybridized carbons (Fsp3) is 0.571. The summed E-state index contributed by atoms with van der Waals surface area (Å²) in [6, 6.07) is 9.80. The molecule has 7 aromatic heterocycles. The summed E-state index contributed by atoms with van der Waals surface area (Å²) in [5.74, 6) is 3.22. The van der Waals surface area contributed by atoms with Gasteiger partial charge in [0.2, 0.25) is 0 Å². The van der Waals surface area contributed by atoms with Gasteiger partial charge in [-0.05, 0) is 0 Å². The number of hydrogen-bond acceptors (Lipinski definition) is 6. The molecule has 362 valence electrons. The number of unbranched alkanes of at least 4 members (excludes halogenated alkanes) is 20. The van der Waals surface area contributed by atoms with Crippen LogP contribution in [-0.4, -0.2) is 97.9 Å².